The standard InChI is InChI=1S/C25H17FN2O3/c1-14(29)17-3-2-4-18(11-17)15-5-7-16(8-6-15)24-21(13-27)23(25(30)31)20-12-19(26)9-10-22(20)28-24/h2-12,14,29H,1H3,(H,30,31). The highest BCUT2D eigenvalue weighted by atomic mass is 19.1. The molecule has 6 heteroatoms. The number of rotatable bonds is 4. The van der Waals surface area contributed by atoms with Crippen molar-refractivity contribution < 1.29 is 19.4 Å². The number of halogens is 1. The van der Waals surface area contributed by atoms with Gasteiger partial charge in [-0.1, -0.05) is 42.5 Å². The van der Waals surface area contributed by atoms with Crippen LogP contribution in [0.25, 0.3) is 33.3 Å². The van der Waals surface area contributed by atoms with Crippen LogP contribution in [-0.4, -0.2) is 21.2 Å². The maximum Gasteiger partial charge on any atom is 0.337 e. The molecule has 0 fully saturated rings. The van der Waals surface area contributed by atoms with Crippen molar-refractivity contribution in [2.75, 3.05) is 0 Å². The molecule has 1 aromatic heterocycles. The van der Waals surface area contributed by atoms with Crippen molar-refractivity contribution in [3.05, 3.63) is 89.2 Å². The first-order valence-corrected chi connectivity index (χ1v) is 9.54. The van der Waals surface area contributed by atoms with Gasteiger partial charge in [0.05, 0.1) is 28.4 Å². The zero-order valence-corrected chi connectivity index (χ0v) is 16.5. The van der Waals surface area contributed by atoms with E-state index in [9.17, 15) is 24.7 Å². The molecule has 0 saturated heterocycles. The number of aromatic nitrogens is 1. The molecule has 1 heterocycles. The summed E-state index contributed by atoms with van der Waals surface area (Å²) in [5.41, 5.74) is 3.31. The van der Waals surface area contributed by atoms with E-state index in [-0.39, 0.29) is 22.2 Å². The minimum absolute atomic E-state index is 0.0827. The average molecular weight is 412 g/mol. The zero-order valence-electron chi connectivity index (χ0n) is 16.5. The van der Waals surface area contributed by atoms with Crippen LogP contribution in [0.15, 0.2) is 66.7 Å². The molecule has 1 unspecified atom stereocenters. The van der Waals surface area contributed by atoms with Crippen molar-refractivity contribution in [3.63, 3.8) is 0 Å². The Morgan fingerprint density at radius 3 is 2.39 bits per heavy atom. The van der Waals surface area contributed by atoms with Gasteiger partial charge in [0.25, 0.3) is 0 Å². The lowest BCUT2D eigenvalue weighted by molar-refractivity contribution is 0.0698. The van der Waals surface area contributed by atoms with Gasteiger partial charge in [0, 0.05) is 10.9 Å². The Morgan fingerprint density at radius 2 is 1.74 bits per heavy atom. The Hall–Kier alpha value is -4.08. The topological polar surface area (TPSA) is 94.2 Å². The smallest absolute Gasteiger partial charge is 0.337 e. The summed E-state index contributed by atoms with van der Waals surface area (Å²) in [6, 6.07) is 20.3. The number of nitriles is 1. The van der Waals surface area contributed by atoms with Crippen LogP contribution in [0.1, 0.15) is 34.5 Å². The molecule has 4 aromatic rings. The predicted molar refractivity (Wildman–Crippen MR) is 115 cm³/mol. The number of pyridine rings is 1. The number of nitrogens with zero attached hydrogens (tertiary/aromatic N) is 2. The molecule has 0 aliphatic heterocycles. The van der Waals surface area contributed by atoms with Crippen molar-refractivity contribution in [1.82, 2.24) is 4.98 Å². The highest BCUT2D eigenvalue weighted by Crippen LogP contribution is 2.32. The third-order valence-electron chi connectivity index (χ3n) is 5.13. The number of carbonyl (C=O) groups is 1. The Kier molecular flexibility index (Phi) is 5.20. The van der Waals surface area contributed by atoms with Crippen molar-refractivity contribution in [1.29, 1.82) is 5.26 Å². The molecule has 0 saturated carbocycles. The van der Waals surface area contributed by atoms with Gasteiger partial charge in [0.15, 0.2) is 0 Å². The SMILES string of the molecule is CC(O)c1cccc(-c2ccc(-c3nc4ccc(F)cc4c(C(=O)O)c3C#N)cc2)c1. The molecule has 0 spiro atoms. The summed E-state index contributed by atoms with van der Waals surface area (Å²) in [6.07, 6.45) is -0.585. The maximum absolute atomic E-state index is 13.7. The molecule has 2 N–H and O–H groups in total. The van der Waals surface area contributed by atoms with Gasteiger partial charge < -0.3 is 10.2 Å². The van der Waals surface area contributed by atoms with Gasteiger partial charge in [-0.15, -0.1) is 0 Å². The van der Waals surface area contributed by atoms with E-state index in [0.717, 1.165) is 22.8 Å². The molecule has 0 amide bonds. The molecule has 0 aliphatic carbocycles. The van der Waals surface area contributed by atoms with Crippen LogP contribution in [0.3, 0.4) is 0 Å². The van der Waals surface area contributed by atoms with Crippen molar-refractivity contribution in [2.24, 2.45) is 0 Å². The molecule has 152 valence electrons. The van der Waals surface area contributed by atoms with Gasteiger partial charge >= 0.3 is 5.97 Å². The van der Waals surface area contributed by atoms with E-state index in [1.807, 2.05) is 42.5 Å². The molecule has 4 rings (SSSR count). The summed E-state index contributed by atoms with van der Waals surface area (Å²) in [5, 5.41) is 29.3. The lowest BCUT2D eigenvalue weighted by Gasteiger charge is -2.12. The second-order valence-electron chi connectivity index (χ2n) is 7.17. The molecule has 3 aromatic carbocycles. The van der Waals surface area contributed by atoms with E-state index in [1.54, 1.807) is 19.1 Å². The molecule has 0 aliphatic rings. The highest BCUT2D eigenvalue weighted by molar-refractivity contribution is 6.06. The second kappa shape index (κ2) is 7.98. The van der Waals surface area contributed by atoms with Crippen LogP contribution in [0.2, 0.25) is 0 Å². The average Bonchev–Trinajstić information content (AvgIpc) is 2.77. The largest absolute Gasteiger partial charge is 0.478 e. The fourth-order valence-corrected chi connectivity index (χ4v) is 3.57. The second-order valence-corrected chi connectivity index (χ2v) is 7.17. The summed E-state index contributed by atoms with van der Waals surface area (Å²) < 4.78 is 13.7. The van der Waals surface area contributed by atoms with Crippen LogP contribution in [0.4, 0.5) is 4.39 Å². The molecule has 0 bridgehead atoms. The van der Waals surface area contributed by atoms with Crippen molar-refractivity contribution in [3.8, 4) is 28.5 Å². The normalized spacial score (nSPS) is 11.8. The molecular weight excluding hydrogens is 395 g/mol. The molecule has 31 heavy (non-hydrogen) atoms. The van der Waals surface area contributed by atoms with Crippen molar-refractivity contribution >= 4 is 16.9 Å². The number of hydrogen-bond acceptors (Lipinski definition) is 4. The van der Waals surface area contributed by atoms with Gasteiger partial charge in [-0.25, -0.2) is 14.2 Å². The van der Waals surface area contributed by atoms with Gasteiger partial charge in [0.2, 0.25) is 0 Å². The monoisotopic (exact) mass is 412 g/mol. The fourth-order valence-electron chi connectivity index (χ4n) is 3.57. The number of aromatic carboxylic acids is 1. The fraction of sp³-hybridized carbons (Fsp3) is 0.0800. The van der Waals surface area contributed by atoms with Gasteiger partial charge in [-0.3, -0.25) is 0 Å². The number of fused-ring (bicyclic) bond motifs is 1. The Morgan fingerprint density at radius 1 is 1.03 bits per heavy atom. The first-order valence-electron chi connectivity index (χ1n) is 9.54. The van der Waals surface area contributed by atoms with Crippen LogP contribution < -0.4 is 0 Å². The van der Waals surface area contributed by atoms with E-state index >= 15 is 0 Å². The summed E-state index contributed by atoms with van der Waals surface area (Å²) in [5.74, 6) is -1.92. The zero-order chi connectivity index (χ0) is 22.1. The quantitative estimate of drug-likeness (QED) is 0.472. The summed E-state index contributed by atoms with van der Waals surface area (Å²) in [6.45, 7) is 1.70. The third kappa shape index (κ3) is 3.75. The number of carboxylic acid groups (broad SMARTS) is 1. The lowest BCUT2D eigenvalue weighted by atomic mass is 9.95. The van der Waals surface area contributed by atoms with E-state index in [2.05, 4.69) is 4.98 Å². The first kappa shape index (κ1) is 20.2. The highest BCUT2D eigenvalue weighted by Gasteiger charge is 2.21. The van der Waals surface area contributed by atoms with E-state index in [0.29, 0.717) is 11.1 Å². The van der Waals surface area contributed by atoms with Gasteiger partial charge in [-0.05, 0) is 47.9 Å². The number of aliphatic hydroxyl groups excluding tert-OH is 1. The summed E-state index contributed by atoms with van der Waals surface area (Å²) in [4.78, 5) is 16.3. The molecule has 5 nitrogen and oxygen atoms in total. The number of aliphatic hydroxyl groups is 1. The number of hydrogen-bond donors (Lipinski definition) is 2. The minimum Gasteiger partial charge on any atom is -0.478 e. The maximum atomic E-state index is 13.7. The van der Waals surface area contributed by atoms with Crippen LogP contribution in [0.5, 0.6) is 0 Å². The molecule has 0 radical (unpaired) electrons. The van der Waals surface area contributed by atoms with Crippen LogP contribution in [0, 0.1) is 17.1 Å². The van der Waals surface area contributed by atoms with E-state index in [1.165, 1.54) is 12.1 Å². The Balaban J connectivity index is 1.86. The van der Waals surface area contributed by atoms with E-state index < -0.39 is 17.9 Å². The van der Waals surface area contributed by atoms with Crippen LogP contribution in [-0.2, 0) is 0 Å². The van der Waals surface area contributed by atoms with Crippen LogP contribution >= 0.6 is 0 Å². The predicted octanol–water partition coefficient (Wildman–Crippen LogP) is 5.33. The number of benzene rings is 3. The summed E-state index contributed by atoms with van der Waals surface area (Å²) in [7, 11) is 0. The first-order chi connectivity index (χ1) is 14.9. The third-order valence-corrected chi connectivity index (χ3v) is 5.13. The Bertz CT molecular complexity index is 1360. The van der Waals surface area contributed by atoms with Crippen molar-refractivity contribution in [2.45, 2.75) is 13.0 Å². The van der Waals surface area contributed by atoms with Gasteiger partial charge in [-0.2, -0.15) is 5.26 Å². The van der Waals surface area contributed by atoms with E-state index in [4.69, 9.17) is 0 Å². The molecule has 1 atom stereocenters. The van der Waals surface area contributed by atoms with Gasteiger partial charge in [0.1, 0.15) is 11.9 Å². The Labute approximate surface area is 177 Å². The summed E-state index contributed by atoms with van der Waals surface area (Å²) >= 11 is 0. The number of carboxylic acids is 1. The minimum atomic E-state index is -1.32. The lowest BCUT2D eigenvalue weighted by Crippen LogP contribution is -2.06. The molecular formula is C25H17FN2O3.